The molecule has 2 rings (SSSR count). The molecule has 1 aliphatic rings. The van der Waals surface area contributed by atoms with Gasteiger partial charge in [-0.25, -0.2) is 0 Å². The van der Waals surface area contributed by atoms with Crippen LogP contribution in [0.3, 0.4) is 0 Å². The first kappa shape index (κ1) is 14.1. The average molecular weight is 325 g/mol. The van der Waals surface area contributed by atoms with Crippen molar-refractivity contribution in [3.63, 3.8) is 0 Å². The summed E-state index contributed by atoms with van der Waals surface area (Å²) < 4.78 is 1.00. The van der Waals surface area contributed by atoms with Gasteiger partial charge in [-0.15, -0.1) is 0 Å². The Labute approximate surface area is 121 Å². The molecule has 19 heavy (non-hydrogen) atoms. The van der Waals surface area contributed by atoms with Crippen LogP contribution in [0.5, 0.6) is 0 Å². The number of benzene rings is 1. The van der Waals surface area contributed by atoms with Crippen LogP contribution in [0.1, 0.15) is 24.8 Å². The molecule has 1 aliphatic carbocycles. The zero-order valence-corrected chi connectivity index (χ0v) is 12.4. The molecular formula is C14H17BrN2O2. The smallest absolute Gasteiger partial charge is 0.243 e. The summed E-state index contributed by atoms with van der Waals surface area (Å²) in [4.78, 5) is 23.3. The van der Waals surface area contributed by atoms with Gasteiger partial charge < -0.3 is 10.6 Å². The number of halogens is 1. The van der Waals surface area contributed by atoms with Crippen LogP contribution in [0.15, 0.2) is 22.7 Å². The van der Waals surface area contributed by atoms with E-state index in [2.05, 4.69) is 26.6 Å². The molecule has 1 aromatic carbocycles. The topological polar surface area (TPSA) is 58.2 Å². The van der Waals surface area contributed by atoms with E-state index in [1.807, 2.05) is 25.1 Å². The Hall–Kier alpha value is -1.36. The Morgan fingerprint density at radius 1 is 1.37 bits per heavy atom. The lowest BCUT2D eigenvalue weighted by molar-refractivity contribution is -0.129. The second-order valence-electron chi connectivity index (χ2n) is 4.86. The van der Waals surface area contributed by atoms with Crippen LogP contribution >= 0.6 is 15.9 Å². The maximum Gasteiger partial charge on any atom is 0.243 e. The predicted octanol–water partition coefficient (Wildman–Crippen LogP) is 2.61. The Balaban J connectivity index is 1.80. The molecule has 0 radical (unpaired) electrons. The van der Waals surface area contributed by atoms with Gasteiger partial charge in [0.05, 0.1) is 6.54 Å². The van der Waals surface area contributed by atoms with Crippen molar-refractivity contribution in [3.05, 3.63) is 28.2 Å². The van der Waals surface area contributed by atoms with Gasteiger partial charge in [0.2, 0.25) is 11.8 Å². The highest BCUT2D eigenvalue weighted by Crippen LogP contribution is 2.26. The SMILES string of the molecule is Cc1cc(NC(=O)CNC(=O)C2CCC2)ccc1Br. The van der Waals surface area contributed by atoms with Crippen molar-refractivity contribution in [2.45, 2.75) is 26.2 Å². The molecule has 0 atom stereocenters. The Morgan fingerprint density at radius 3 is 2.68 bits per heavy atom. The van der Waals surface area contributed by atoms with E-state index >= 15 is 0 Å². The summed E-state index contributed by atoms with van der Waals surface area (Å²) in [6.07, 6.45) is 3.00. The van der Waals surface area contributed by atoms with Crippen molar-refractivity contribution in [2.24, 2.45) is 5.92 Å². The number of amides is 2. The first-order valence-corrected chi connectivity index (χ1v) is 7.19. The van der Waals surface area contributed by atoms with E-state index in [1.165, 1.54) is 0 Å². The molecule has 0 aromatic heterocycles. The van der Waals surface area contributed by atoms with Crippen molar-refractivity contribution >= 4 is 33.4 Å². The van der Waals surface area contributed by atoms with Crippen molar-refractivity contribution in [1.29, 1.82) is 0 Å². The molecule has 0 heterocycles. The van der Waals surface area contributed by atoms with Gasteiger partial charge in [0.25, 0.3) is 0 Å². The highest BCUT2D eigenvalue weighted by molar-refractivity contribution is 9.10. The number of aryl methyl sites for hydroxylation is 1. The van der Waals surface area contributed by atoms with E-state index in [0.29, 0.717) is 0 Å². The van der Waals surface area contributed by atoms with Crippen LogP contribution in [0.4, 0.5) is 5.69 Å². The molecule has 1 fully saturated rings. The van der Waals surface area contributed by atoms with Gasteiger partial charge in [-0.2, -0.15) is 0 Å². The van der Waals surface area contributed by atoms with Crippen molar-refractivity contribution in [1.82, 2.24) is 5.32 Å². The lowest BCUT2D eigenvalue weighted by Gasteiger charge is -2.23. The first-order valence-electron chi connectivity index (χ1n) is 6.40. The summed E-state index contributed by atoms with van der Waals surface area (Å²) in [5.41, 5.74) is 1.79. The lowest BCUT2D eigenvalue weighted by atomic mass is 9.85. The fourth-order valence-corrected chi connectivity index (χ4v) is 2.16. The minimum Gasteiger partial charge on any atom is -0.347 e. The van der Waals surface area contributed by atoms with Gasteiger partial charge in [0.15, 0.2) is 0 Å². The molecule has 1 aromatic rings. The van der Waals surface area contributed by atoms with Gasteiger partial charge in [-0.1, -0.05) is 22.4 Å². The molecule has 4 nitrogen and oxygen atoms in total. The number of carbonyl (C=O) groups excluding carboxylic acids is 2. The third kappa shape index (κ3) is 3.80. The van der Waals surface area contributed by atoms with E-state index in [-0.39, 0.29) is 24.3 Å². The number of nitrogens with one attached hydrogen (secondary N) is 2. The number of hydrogen-bond acceptors (Lipinski definition) is 2. The van der Waals surface area contributed by atoms with Gasteiger partial charge in [-0.3, -0.25) is 9.59 Å². The van der Waals surface area contributed by atoms with Gasteiger partial charge in [0, 0.05) is 16.1 Å². The maximum absolute atomic E-state index is 11.7. The Kier molecular flexibility index (Phi) is 4.58. The highest BCUT2D eigenvalue weighted by atomic mass is 79.9. The monoisotopic (exact) mass is 324 g/mol. The van der Waals surface area contributed by atoms with Gasteiger partial charge in [-0.05, 0) is 43.5 Å². The third-order valence-electron chi connectivity index (χ3n) is 3.34. The standard InChI is InChI=1S/C14H17BrN2O2/c1-9-7-11(5-6-12(9)15)17-13(18)8-16-14(19)10-3-2-4-10/h5-7,10H,2-4,8H2,1H3,(H,16,19)(H,17,18). The number of hydrogen-bond donors (Lipinski definition) is 2. The highest BCUT2D eigenvalue weighted by Gasteiger charge is 2.25. The fourth-order valence-electron chi connectivity index (χ4n) is 1.91. The van der Waals surface area contributed by atoms with Crippen LogP contribution < -0.4 is 10.6 Å². The Bertz CT molecular complexity index is 498. The van der Waals surface area contributed by atoms with Gasteiger partial charge >= 0.3 is 0 Å². The molecule has 0 unspecified atom stereocenters. The second-order valence-corrected chi connectivity index (χ2v) is 5.71. The molecule has 2 amide bonds. The molecule has 0 bridgehead atoms. The van der Waals surface area contributed by atoms with Crippen molar-refractivity contribution in [3.8, 4) is 0 Å². The van der Waals surface area contributed by atoms with Crippen LogP contribution in [-0.2, 0) is 9.59 Å². The quantitative estimate of drug-likeness (QED) is 0.894. The zero-order valence-electron chi connectivity index (χ0n) is 10.8. The molecule has 2 N–H and O–H groups in total. The number of anilines is 1. The fraction of sp³-hybridized carbons (Fsp3) is 0.429. The minimum atomic E-state index is -0.200. The van der Waals surface area contributed by atoms with E-state index in [4.69, 9.17) is 0 Å². The summed E-state index contributed by atoms with van der Waals surface area (Å²) in [5.74, 6) is -0.0921. The van der Waals surface area contributed by atoms with Crippen molar-refractivity contribution < 1.29 is 9.59 Å². The molecular weight excluding hydrogens is 308 g/mol. The number of rotatable bonds is 4. The maximum atomic E-state index is 11.7. The van der Waals surface area contributed by atoms with E-state index in [1.54, 1.807) is 0 Å². The lowest BCUT2D eigenvalue weighted by Crippen LogP contribution is -2.39. The van der Waals surface area contributed by atoms with E-state index < -0.39 is 0 Å². The summed E-state index contributed by atoms with van der Waals surface area (Å²) in [6.45, 7) is 1.99. The van der Waals surface area contributed by atoms with Crippen molar-refractivity contribution in [2.75, 3.05) is 11.9 Å². The average Bonchev–Trinajstić information content (AvgIpc) is 2.29. The summed E-state index contributed by atoms with van der Waals surface area (Å²) in [7, 11) is 0. The Morgan fingerprint density at radius 2 is 2.11 bits per heavy atom. The van der Waals surface area contributed by atoms with E-state index in [0.717, 1.165) is 35.0 Å². The summed E-state index contributed by atoms with van der Waals surface area (Å²) in [5, 5.41) is 5.44. The van der Waals surface area contributed by atoms with Gasteiger partial charge in [0.1, 0.15) is 0 Å². The number of carbonyl (C=O) groups is 2. The second kappa shape index (κ2) is 6.19. The van der Waals surface area contributed by atoms with E-state index in [9.17, 15) is 9.59 Å². The summed E-state index contributed by atoms with van der Waals surface area (Å²) >= 11 is 3.41. The third-order valence-corrected chi connectivity index (χ3v) is 4.23. The molecule has 102 valence electrons. The predicted molar refractivity (Wildman–Crippen MR) is 77.9 cm³/mol. The summed E-state index contributed by atoms with van der Waals surface area (Å²) in [6, 6.07) is 5.59. The van der Waals surface area contributed by atoms with Crippen LogP contribution in [-0.4, -0.2) is 18.4 Å². The first-order chi connectivity index (χ1) is 9.06. The van der Waals surface area contributed by atoms with Crippen LogP contribution in [0.2, 0.25) is 0 Å². The van der Waals surface area contributed by atoms with Crippen LogP contribution in [0.25, 0.3) is 0 Å². The molecule has 0 spiro atoms. The molecule has 0 saturated heterocycles. The normalized spacial score (nSPS) is 14.6. The molecule has 0 aliphatic heterocycles. The molecule has 5 heteroatoms. The van der Waals surface area contributed by atoms with Crippen LogP contribution in [0, 0.1) is 12.8 Å². The minimum absolute atomic E-state index is 0.00612. The largest absolute Gasteiger partial charge is 0.347 e. The zero-order chi connectivity index (χ0) is 13.8. The molecule has 1 saturated carbocycles.